The highest BCUT2D eigenvalue weighted by molar-refractivity contribution is 7.92. The Morgan fingerprint density at radius 1 is 0.909 bits per heavy atom. The monoisotopic (exact) mass is 621 g/mol. The summed E-state index contributed by atoms with van der Waals surface area (Å²) in [7, 11) is -1.35. The summed E-state index contributed by atoms with van der Waals surface area (Å²) in [5.74, 6) is -0.0605. The number of hydrogen-bond donors (Lipinski definition) is 1. The van der Waals surface area contributed by atoms with Gasteiger partial charge in [0.05, 0.1) is 24.8 Å². The number of para-hydroxylation sites is 1. The van der Waals surface area contributed by atoms with E-state index in [1.807, 2.05) is 38.1 Å². The number of carbonyl (C=O) groups is 2. The van der Waals surface area contributed by atoms with Crippen molar-refractivity contribution >= 4 is 27.5 Å². The highest BCUT2D eigenvalue weighted by Crippen LogP contribution is 2.32. The Balaban J connectivity index is 1.72. The van der Waals surface area contributed by atoms with Gasteiger partial charge < -0.3 is 19.7 Å². The number of nitrogens with one attached hydrogen (secondary N) is 1. The van der Waals surface area contributed by atoms with E-state index in [2.05, 4.69) is 5.32 Å². The molecular formula is C34H43N3O6S. The van der Waals surface area contributed by atoms with Gasteiger partial charge in [0.15, 0.2) is 11.5 Å². The summed E-state index contributed by atoms with van der Waals surface area (Å²) < 4.78 is 40.1. The molecule has 0 radical (unpaired) electrons. The molecule has 1 saturated carbocycles. The second-order valence-corrected chi connectivity index (χ2v) is 12.9. The Morgan fingerprint density at radius 3 is 2.20 bits per heavy atom. The van der Waals surface area contributed by atoms with Crippen LogP contribution < -0.4 is 19.1 Å². The molecule has 0 aliphatic heterocycles. The van der Waals surface area contributed by atoms with Crippen LogP contribution in [0.4, 0.5) is 5.69 Å². The van der Waals surface area contributed by atoms with Crippen LogP contribution >= 0.6 is 0 Å². The van der Waals surface area contributed by atoms with Crippen LogP contribution in [0.3, 0.4) is 0 Å². The molecule has 1 atom stereocenters. The lowest BCUT2D eigenvalue weighted by Gasteiger charge is -2.34. The number of sulfonamides is 1. The second kappa shape index (κ2) is 15.1. The number of aryl methyl sites for hydroxylation is 1. The number of benzene rings is 3. The van der Waals surface area contributed by atoms with Crippen molar-refractivity contribution in [2.75, 3.05) is 25.1 Å². The lowest BCUT2D eigenvalue weighted by atomic mass is 9.95. The van der Waals surface area contributed by atoms with Crippen LogP contribution in [0.5, 0.6) is 11.5 Å². The lowest BCUT2D eigenvalue weighted by Crippen LogP contribution is -2.54. The molecule has 2 amide bonds. The number of hydrogen-bond acceptors (Lipinski definition) is 6. The van der Waals surface area contributed by atoms with Gasteiger partial charge >= 0.3 is 0 Å². The van der Waals surface area contributed by atoms with Crippen molar-refractivity contribution in [1.29, 1.82) is 0 Å². The summed E-state index contributed by atoms with van der Waals surface area (Å²) in [4.78, 5) is 29.5. The molecule has 4 rings (SSSR count). The molecule has 0 aromatic heterocycles. The Hall–Kier alpha value is -4.05. The average molecular weight is 622 g/mol. The van der Waals surface area contributed by atoms with Gasteiger partial charge in [-0.15, -0.1) is 0 Å². The van der Waals surface area contributed by atoms with Crippen molar-refractivity contribution in [2.24, 2.45) is 0 Å². The van der Waals surface area contributed by atoms with Gasteiger partial charge in [0.25, 0.3) is 10.0 Å². The van der Waals surface area contributed by atoms with Crippen LogP contribution in [0, 0.1) is 6.92 Å². The van der Waals surface area contributed by atoms with Gasteiger partial charge in [0.2, 0.25) is 11.8 Å². The molecule has 44 heavy (non-hydrogen) atoms. The average Bonchev–Trinajstić information content (AvgIpc) is 3.04. The zero-order chi connectivity index (χ0) is 31.7. The van der Waals surface area contributed by atoms with E-state index >= 15 is 0 Å². The van der Waals surface area contributed by atoms with Crippen molar-refractivity contribution < 1.29 is 27.5 Å². The van der Waals surface area contributed by atoms with Crippen molar-refractivity contribution in [3.63, 3.8) is 0 Å². The molecule has 0 bridgehead atoms. The minimum absolute atomic E-state index is 0.0562. The van der Waals surface area contributed by atoms with Gasteiger partial charge in [0, 0.05) is 18.7 Å². The first-order chi connectivity index (χ1) is 21.2. The molecule has 1 aliphatic carbocycles. The van der Waals surface area contributed by atoms with Gasteiger partial charge in [0.1, 0.15) is 12.6 Å². The predicted octanol–water partition coefficient (Wildman–Crippen LogP) is 5.46. The van der Waals surface area contributed by atoms with Crippen LogP contribution in [0.2, 0.25) is 0 Å². The molecule has 3 aromatic carbocycles. The molecule has 3 aromatic rings. The molecule has 0 spiro atoms. The first-order valence-corrected chi connectivity index (χ1v) is 16.6. The standard InChI is InChI=1S/C34H43N3O6S/c1-5-30(34(39)35-27-16-8-6-9-17-27)36(23-26-15-13-12-14-25(26)2)33(38)24-37(28-18-10-7-11-19-28)44(40,41)29-20-21-31(42-3)32(22-29)43-4/h7,10-15,18-22,27,30H,5-6,8-9,16-17,23-24H2,1-4H3,(H,35,39)/t30-/m0/s1. The number of anilines is 1. The fraction of sp³-hybridized carbons (Fsp3) is 0.412. The number of ether oxygens (including phenoxy) is 2. The van der Waals surface area contributed by atoms with E-state index < -0.39 is 28.5 Å². The van der Waals surface area contributed by atoms with Crippen molar-refractivity contribution in [3.8, 4) is 11.5 Å². The highest BCUT2D eigenvalue weighted by atomic mass is 32.2. The maximum absolute atomic E-state index is 14.3. The smallest absolute Gasteiger partial charge is 0.264 e. The zero-order valence-corrected chi connectivity index (χ0v) is 26.8. The summed E-state index contributed by atoms with van der Waals surface area (Å²) in [6, 6.07) is 19.8. The normalized spacial score (nSPS) is 14.4. The second-order valence-electron chi connectivity index (χ2n) is 11.1. The fourth-order valence-electron chi connectivity index (χ4n) is 5.66. The van der Waals surface area contributed by atoms with Crippen LogP contribution in [0.15, 0.2) is 77.7 Å². The van der Waals surface area contributed by atoms with Crippen molar-refractivity contribution in [3.05, 3.63) is 83.9 Å². The topological polar surface area (TPSA) is 105 Å². The number of nitrogens with zero attached hydrogens (tertiary/aromatic N) is 2. The molecule has 0 unspecified atom stereocenters. The third-order valence-electron chi connectivity index (χ3n) is 8.21. The summed E-state index contributed by atoms with van der Waals surface area (Å²) in [5.41, 5.74) is 2.19. The predicted molar refractivity (Wildman–Crippen MR) is 171 cm³/mol. The first-order valence-electron chi connectivity index (χ1n) is 15.1. The Morgan fingerprint density at radius 2 is 1.57 bits per heavy atom. The van der Waals surface area contributed by atoms with E-state index in [9.17, 15) is 18.0 Å². The van der Waals surface area contributed by atoms with Gasteiger partial charge in [-0.25, -0.2) is 8.42 Å². The van der Waals surface area contributed by atoms with E-state index in [0.717, 1.165) is 47.5 Å². The largest absolute Gasteiger partial charge is 0.493 e. The number of rotatable bonds is 13. The Bertz CT molecular complexity index is 1520. The molecule has 1 N–H and O–H groups in total. The van der Waals surface area contributed by atoms with Crippen LogP contribution in [0.1, 0.15) is 56.6 Å². The fourth-order valence-corrected chi connectivity index (χ4v) is 7.09. The maximum atomic E-state index is 14.3. The van der Waals surface area contributed by atoms with Crippen molar-refractivity contribution in [1.82, 2.24) is 10.2 Å². The third kappa shape index (κ3) is 7.72. The van der Waals surface area contributed by atoms with E-state index in [0.29, 0.717) is 17.9 Å². The summed E-state index contributed by atoms with van der Waals surface area (Å²) in [6.45, 7) is 3.50. The Labute approximate surface area is 261 Å². The number of methoxy groups -OCH3 is 2. The number of carbonyl (C=O) groups excluding carboxylic acids is 2. The van der Waals surface area contributed by atoms with E-state index in [-0.39, 0.29) is 29.1 Å². The van der Waals surface area contributed by atoms with Crippen LogP contribution in [-0.2, 0) is 26.2 Å². The van der Waals surface area contributed by atoms with E-state index in [4.69, 9.17) is 9.47 Å². The Kier molecular flexibility index (Phi) is 11.3. The molecule has 236 valence electrons. The molecule has 0 heterocycles. The maximum Gasteiger partial charge on any atom is 0.264 e. The van der Waals surface area contributed by atoms with Crippen LogP contribution in [0.25, 0.3) is 0 Å². The minimum atomic E-state index is -4.25. The van der Waals surface area contributed by atoms with Crippen LogP contribution in [-0.4, -0.2) is 58.0 Å². The number of amides is 2. The molecule has 10 heteroatoms. The summed E-state index contributed by atoms with van der Waals surface area (Å²) in [6.07, 6.45) is 5.50. The lowest BCUT2D eigenvalue weighted by molar-refractivity contribution is -0.140. The van der Waals surface area contributed by atoms with Gasteiger partial charge in [-0.3, -0.25) is 13.9 Å². The molecule has 1 aliphatic rings. The quantitative estimate of drug-likeness (QED) is 0.272. The van der Waals surface area contributed by atoms with E-state index in [1.165, 1.54) is 37.3 Å². The van der Waals surface area contributed by atoms with E-state index in [1.54, 1.807) is 30.3 Å². The molecule has 0 saturated heterocycles. The minimum Gasteiger partial charge on any atom is -0.493 e. The van der Waals surface area contributed by atoms with Gasteiger partial charge in [-0.1, -0.05) is 68.7 Å². The highest BCUT2D eigenvalue weighted by Gasteiger charge is 2.35. The van der Waals surface area contributed by atoms with Crippen molar-refractivity contribution in [2.45, 2.75) is 75.9 Å². The summed E-state index contributed by atoms with van der Waals surface area (Å²) in [5, 5.41) is 3.18. The summed E-state index contributed by atoms with van der Waals surface area (Å²) >= 11 is 0. The van der Waals surface area contributed by atoms with Gasteiger partial charge in [-0.05, 0) is 61.6 Å². The molecule has 9 nitrogen and oxygen atoms in total. The third-order valence-corrected chi connectivity index (χ3v) is 9.98. The SMILES string of the molecule is CC[C@@H](C(=O)NC1CCCCC1)N(Cc1ccccc1C)C(=O)CN(c1ccccc1)S(=O)(=O)c1ccc(OC)c(OC)c1. The first kappa shape index (κ1) is 32.9. The zero-order valence-electron chi connectivity index (χ0n) is 26.0. The molecular weight excluding hydrogens is 578 g/mol. The molecule has 1 fully saturated rings. The van der Waals surface area contributed by atoms with Gasteiger partial charge in [-0.2, -0.15) is 0 Å².